The third kappa shape index (κ3) is 3.85. The number of hydrogen-bond acceptors (Lipinski definition) is 2. The predicted octanol–water partition coefficient (Wildman–Crippen LogP) is 5.91. The molecule has 2 atom stereocenters. The summed E-state index contributed by atoms with van der Waals surface area (Å²) in [5, 5.41) is 0.286. The first-order valence-corrected chi connectivity index (χ1v) is 8.92. The lowest BCUT2D eigenvalue weighted by atomic mass is 9.93. The van der Waals surface area contributed by atoms with E-state index in [-0.39, 0.29) is 23.2 Å². The Labute approximate surface area is 155 Å². The number of carbonyl (C=O) groups excluding carboxylic acids is 1. The summed E-state index contributed by atoms with van der Waals surface area (Å²) in [6.45, 7) is 5.42. The van der Waals surface area contributed by atoms with Crippen LogP contribution in [0, 0.1) is 0 Å². The van der Waals surface area contributed by atoms with Crippen molar-refractivity contribution in [3.05, 3.63) is 40.4 Å². The van der Waals surface area contributed by atoms with Crippen molar-refractivity contribution < 1.29 is 22.7 Å². The average Bonchev–Trinajstić information content (AvgIpc) is 2.75. The molecule has 142 valence electrons. The summed E-state index contributed by atoms with van der Waals surface area (Å²) in [5.41, 5.74) is -0.166. The van der Waals surface area contributed by atoms with Crippen LogP contribution in [0.25, 0.3) is 5.57 Å². The summed E-state index contributed by atoms with van der Waals surface area (Å²) in [4.78, 5) is 14.2. The quantitative estimate of drug-likeness (QED) is 0.599. The SMILES string of the molecule is CC(C)(C)OC(=O)N1C2C=C(c3cc(C(F)(F)F)ccc3Cl)CC1CC2. The Morgan fingerprint density at radius 1 is 1.23 bits per heavy atom. The van der Waals surface area contributed by atoms with Crippen LogP contribution in [-0.4, -0.2) is 28.7 Å². The molecule has 1 fully saturated rings. The molecule has 1 saturated heterocycles. The second-order valence-corrected chi connectivity index (χ2v) is 8.18. The number of nitrogens with zero attached hydrogens (tertiary/aromatic N) is 1. The highest BCUT2D eigenvalue weighted by atomic mass is 35.5. The summed E-state index contributed by atoms with van der Waals surface area (Å²) in [6.07, 6.45) is -0.915. The Kier molecular flexibility index (Phi) is 4.76. The lowest BCUT2D eigenvalue weighted by Gasteiger charge is -2.35. The van der Waals surface area contributed by atoms with Crippen LogP contribution in [0.4, 0.5) is 18.0 Å². The van der Waals surface area contributed by atoms with E-state index in [2.05, 4.69) is 0 Å². The Hall–Kier alpha value is -1.69. The van der Waals surface area contributed by atoms with Gasteiger partial charge in [0.1, 0.15) is 5.60 Å². The number of alkyl halides is 3. The first-order valence-electron chi connectivity index (χ1n) is 8.55. The predicted molar refractivity (Wildman–Crippen MR) is 93.9 cm³/mol. The van der Waals surface area contributed by atoms with Crippen molar-refractivity contribution in [1.29, 1.82) is 0 Å². The standard InChI is InChI=1S/C19H21ClF3NO2/c1-18(2,3)26-17(25)24-13-5-6-14(24)9-11(8-13)15-10-12(19(21,22)23)4-7-16(15)20/h4,7-8,10,13-14H,5-6,9H2,1-3H3. The maximum atomic E-state index is 13.0. The monoisotopic (exact) mass is 387 g/mol. The van der Waals surface area contributed by atoms with Crippen molar-refractivity contribution in [3.8, 4) is 0 Å². The lowest BCUT2D eigenvalue weighted by Crippen LogP contribution is -2.45. The number of benzene rings is 1. The van der Waals surface area contributed by atoms with Crippen LogP contribution in [0.15, 0.2) is 24.3 Å². The molecule has 0 spiro atoms. The Morgan fingerprint density at radius 3 is 2.50 bits per heavy atom. The van der Waals surface area contributed by atoms with Crippen LogP contribution in [0.3, 0.4) is 0 Å². The van der Waals surface area contributed by atoms with E-state index >= 15 is 0 Å². The maximum Gasteiger partial charge on any atom is 0.416 e. The number of rotatable bonds is 1. The number of halogens is 4. The lowest BCUT2D eigenvalue weighted by molar-refractivity contribution is -0.137. The Morgan fingerprint density at radius 2 is 1.92 bits per heavy atom. The highest BCUT2D eigenvalue weighted by Crippen LogP contribution is 2.42. The molecular formula is C19H21ClF3NO2. The molecule has 1 aromatic rings. The molecule has 3 rings (SSSR count). The molecule has 2 heterocycles. The zero-order valence-corrected chi connectivity index (χ0v) is 15.6. The molecule has 1 aromatic carbocycles. The van der Waals surface area contributed by atoms with Gasteiger partial charge in [0.15, 0.2) is 0 Å². The van der Waals surface area contributed by atoms with Gasteiger partial charge in [0.2, 0.25) is 0 Å². The first kappa shape index (κ1) is 19.1. The van der Waals surface area contributed by atoms with Gasteiger partial charge in [-0.15, -0.1) is 0 Å². The van der Waals surface area contributed by atoms with Crippen molar-refractivity contribution >= 4 is 23.3 Å². The molecule has 0 aromatic heterocycles. The van der Waals surface area contributed by atoms with Crippen molar-refractivity contribution in [1.82, 2.24) is 4.90 Å². The number of ether oxygens (including phenoxy) is 1. The van der Waals surface area contributed by atoms with Crippen LogP contribution in [0.1, 0.15) is 51.2 Å². The van der Waals surface area contributed by atoms with Crippen molar-refractivity contribution in [2.75, 3.05) is 0 Å². The van der Waals surface area contributed by atoms with Gasteiger partial charge in [-0.1, -0.05) is 17.7 Å². The fourth-order valence-electron chi connectivity index (χ4n) is 3.58. The van der Waals surface area contributed by atoms with Gasteiger partial charge in [-0.25, -0.2) is 4.79 Å². The molecule has 2 aliphatic heterocycles. The maximum absolute atomic E-state index is 13.0. The van der Waals surface area contributed by atoms with Gasteiger partial charge >= 0.3 is 12.3 Å². The van der Waals surface area contributed by atoms with Crippen LogP contribution < -0.4 is 0 Å². The zero-order chi connectivity index (χ0) is 19.3. The number of fused-ring (bicyclic) bond motifs is 2. The topological polar surface area (TPSA) is 29.5 Å². The molecule has 26 heavy (non-hydrogen) atoms. The van der Waals surface area contributed by atoms with Crippen LogP contribution in [0.2, 0.25) is 5.02 Å². The number of amides is 1. The summed E-state index contributed by atoms with van der Waals surface area (Å²) < 4.78 is 44.5. The molecule has 0 N–H and O–H groups in total. The molecule has 7 heteroatoms. The molecule has 2 bridgehead atoms. The minimum Gasteiger partial charge on any atom is -0.444 e. The first-order chi connectivity index (χ1) is 12.0. The smallest absolute Gasteiger partial charge is 0.416 e. The van der Waals surface area contributed by atoms with Gasteiger partial charge in [0.05, 0.1) is 11.6 Å². The second kappa shape index (κ2) is 6.48. The van der Waals surface area contributed by atoms with E-state index in [1.165, 1.54) is 6.07 Å². The third-order valence-corrected chi connectivity index (χ3v) is 4.97. The zero-order valence-electron chi connectivity index (χ0n) is 14.9. The van der Waals surface area contributed by atoms with Crippen molar-refractivity contribution in [2.45, 2.75) is 63.9 Å². The molecule has 2 aliphatic rings. The van der Waals surface area contributed by atoms with E-state index in [0.717, 1.165) is 30.5 Å². The van der Waals surface area contributed by atoms with Crippen LogP contribution in [-0.2, 0) is 10.9 Å². The molecule has 0 aliphatic carbocycles. The Balaban J connectivity index is 1.89. The van der Waals surface area contributed by atoms with Gasteiger partial charge in [0.25, 0.3) is 0 Å². The van der Waals surface area contributed by atoms with E-state index < -0.39 is 17.3 Å². The fourth-order valence-corrected chi connectivity index (χ4v) is 3.82. The summed E-state index contributed by atoms with van der Waals surface area (Å²) >= 11 is 6.17. The average molecular weight is 388 g/mol. The van der Waals surface area contributed by atoms with Gasteiger partial charge in [-0.2, -0.15) is 13.2 Å². The summed E-state index contributed by atoms with van der Waals surface area (Å²) in [7, 11) is 0. The Bertz CT molecular complexity index is 752. The minimum absolute atomic E-state index is 0.0829. The largest absolute Gasteiger partial charge is 0.444 e. The number of carbonyl (C=O) groups is 1. The van der Waals surface area contributed by atoms with Crippen LogP contribution >= 0.6 is 11.6 Å². The van der Waals surface area contributed by atoms with E-state index in [0.29, 0.717) is 12.0 Å². The molecule has 1 amide bonds. The van der Waals surface area contributed by atoms with Gasteiger partial charge < -0.3 is 4.74 Å². The van der Waals surface area contributed by atoms with E-state index in [1.54, 1.807) is 25.7 Å². The second-order valence-electron chi connectivity index (χ2n) is 7.77. The molecule has 3 nitrogen and oxygen atoms in total. The highest BCUT2D eigenvalue weighted by Gasteiger charge is 2.42. The molecule has 2 unspecified atom stereocenters. The third-order valence-electron chi connectivity index (χ3n) is 4.64. The van der Waals surface area contributed by atoms with Gasteiger partial charge in [-0.05, 0) is 69.4 Å². The normalized spacial score (nSPS) is 23.0. The van der Waals surface area contributed by atoms with Gasteiger partial charge in [-0.3, -0.25) is 4.90 Å². The molecule has 0 saturated carbocycles. The van der Waals surface area contributed by atoms with Gasteiger partial charge in [0, 0.05) is 11.1 Å². The van der Waals surface area contributed by atoms with E-state index in [4.69, 9.17) is 16.3 Å². The van der Waals surface area contributed by atoms with Crippen molar-refractivity contribution in [3.63, 3.8) is 0 Å². The summed E-state index contributed by atoms with van der Waals surface area (Å²) in [5.74, 6) is 0. The minimum atomic E-state index is -4.42. The number of hydrogen-bond donors (Lipinski definition) is 0. The van der Waals surface area contributed by atoms with E-state index in [9.17, 15) is 18.0 Å². The molecular weight excluding hydrogens is 367 g/mol. The van der Waals surface area contributed by atoms with Crippen molar-refractivity contribution in [2.24, 2.45) is 0 Å². The van der Waals surface area contributed by atoms with Crippen LogP contribution in [0.5, 0.6) is 0 Å². The summed E-state index contributed by atoms with van der Waals surface area (Å²) in [6, 6.07) is 3.10. The molecule has 0 radical (unpaired) electrons. The van der Waals surface area contributed by atoms with E-state index in [1.807, 2.05) is 6.08 Å². The fraction of sp³-hybridized carbons (Fsp3) is 0.526. The highest BCUT2D eigenvalue weighted by molar-refractivity contribution is 6.32.